The number of rotatable bonds is 9. The molecule has 0 heterocycles. The van der Waals surface area contributed by atoms with Crippen LogP contribution in [0.5, 0.6) is 5.75 Å². The number of benzene rings is 2. The van der Waals surface area contributed by atoms with Crippen LogP contribution in [-0.2, 0) is 30.3 Å². The molecule has 2 unspecified atom stereocenters. The van der Waals surface area contributed by atoms with Crippen molar-refractivity contribution in [3.63, 3.8) is 0 Å². The number of carbonyl (C=O) groups is 4. The van der Waals surface area contributed by atoms with Crippen molar-refractivity contribution in [1.29, 1.82) is 0 Å². The number of phenols is 1. The van der Waals surface area contributed by atoms with Gasteiger partial charge in [-0.15, -0.1) is 0 Å². The quantitative estimate of drug-likeness (QED) is 0.348. The number of hydrogen-bond acceptors (Lipinski definition) is 7. The normalized spacial score (nSPS) is 13.3. The van der Waals surface area contributed by atoms with Gasteiger partial charge < -0.3 is 30.1 Å². The van der Waals surface area contributed by atoms with Gasteiger partial charge in [0.1, 0.15) is 35.6 Å². The molecule has 2 rings (SSSR count). The summed E-state index contributed by atoms with van der Waals surface area (Å²) in [6.45, 7) is 16.9. The fourth-order valence-electron chi connectivity index (χ4n) is 4.39. The van der Waals surface area contributed by atoms with Crippen molar-refractivity contribution in [2.24, 2.45) is 0 Å². The SMILES string of the molecule is Cc1cc(C(C(=O)NC(Cc2ccccc2)C(=O)OC(C)(C)C)N(C(=O)CNC(=O)OC(C)(C)C)C(C)(C)C)ccc1O. The number of nitrogens with one attached hydrogen (secondary N) is 2. The molecule has 10 heteroatoms. The zero-order chi connectivity index (χ0) is 32.8. The summed E-state index contributed by atoms with van der Waals surface area (Å²) in [6, 6.07) is 11.5. The van der Waals surface area contributed by atoms with Crippen molar-refractivity contribution in [2.45, 2.75) is 104 Å². The number of amides is 3. The second-order valence-electron chi connectivity index (χ2n) is 13.5. The van der Waals surface area contributed by atoms with Crippen LogP contribution < -0.4 is 10.6 Å². The van der Waals surface area contributed by atoms with Gasteiger partial charge in [-0.3, -0.25) is 9.59 Å². The molecule has 0 fully saturated rings. The zero-order valence-electron chi connectivity index (χ0n) is 27.0. The molecule has 43 heavy (non-hydrogen) atoms. The summed E-state index contributed by atoms with van der Waals surface area (Å²) in [7, 11) is 0. The van der Waals surface area contributed by atoms with E-state index < -0.39 is 59.2 Å². The largest absolute Gasteiger partial charge is 0.508 e. The van der Waals surface area contributed by atoms with E-state index in [1.54, 1.807) is 81.4 Å². The lowest BCUT2D eigenvalue weighted by molar-refractivity contribution is -0.159. The highest BCUT2D eigenvalue weighted by Gasteiger charge is 2.40. The van der Waals surface area contributed by atoms with Gasteiger partial charge in [0.15, 0.2) is 0 Å². The van der Waals surface area contributed by atoms with E-state index in [1.165, 1.54) is 11.0 Å². The molecule has 0 aliphatic rings. The number of aromatic hydroxyl groups is 1. The Bertz CT molecular complexity index is 1290. The first-order valence-corrected chi connectivity index (χ1v) is 14.3. The fraction of sp³-hybridized carbons (Fsp3) is 0.515. The maximum absolute atomic E-state index is 14.2. The minimum Gasteiger partial charge on any atom is -0.508 e. The number of hydrogen-bond donors (Lipinski definition) is 3. The van der Waals surface area contributed by atoms with Crippen LogP contribution in [0, 0.1) is 6.92 Å². The van der Waals surface area contributed by atoms with Gasteiger partial charge in [-0.25, -0.2) is 9.59 Å². The first-order valence-electron chi connectivity index (χ1n) is 14.3. The molecule has 2 atom stereocenters. The van der Waals surface area contributed by atoms with Crippen LogP contribution in [0.3, 0.4) is 0 Å². The second kappa shape index (κ2) is 13.9. The van der Waals surface area contributed by atoms with Crippen molar-refractivity contribution in [3.05, 3.63) is 65.2 Å². The number of aryl methyl sites for hydroxylation is 1. The Morgan fingerprint density at radius 1 is 0.860 bits per heavy atom. The van der Waals surface area contributed by atoms with E-state index in [0.29, 0.717) is 11.1 Å². The monoisotopic (exact) mass is 597 g/mol. The van der Waals surface area contributed by atoms with Gasteiger partial charge in [0.05, 0.1) is 0 Å². The van der Waals surface area contributed by atoms with Gasteiger partial charge in [0, 0.05) is 12.0 Å². The third-order valence-corrected chi connectivity index (χ3v) is 6.11. The van der Waals surface area contributed by atoms with Crippen LogP contribution in [0.2, 0.25) is 0 Å². The number of nitrogens with zero attached hydrogens (tertiary/aromatic N) is 1. The van der Waals surface area contributed by atoms with Gasteiger partial charge in [-0.2, -0.15) is 0 Å². The Morgan fingerprint density at radius 3 is 1.95 bits per heavy atom. The standard InChI is InChI=1S/C33H47N3O7/c1-21-18-23(16-17-25(21)37)27(36(31(2,3)4)26(38)20-34-30(41)43-33(8,9)10)28(39)35-24(29(40)42-32(5,6)7)19-22-14-12-11-13-15-22/h11-18,24,27,37H,19-20H2,1-10H3,(H,34,41)(H,35,39). The molecule has 3 N–H and O–H groups in total. The third-order valence-electron chi connectivity index (χ3n) is 6.11. The van der Waals surface area contributed by atoms with Crippen molar-refractivity contribution < 1.29 is 33.8 Å². The maximum atomic E-state index is 14.2. The molecule has 0 radical (unpaired) electrons. The lowest BCUT2D eigenvalue weighted by atomic mass is 9.94. The molecule has 0 spiro atoms. The fourth-order valence-corrected chi connectivity index (χ4v) is 4.39. The highest BCUT2D eigenvalue weighted by atomic mass is 16.6. The predicted octanol–water partition coefficient (Wildman–Crippen LogP) is 4.96. The number of ether oxygens (including phenoxy) is 2. The van der Waals surface area contributed by atoms with Gasteiger partial charge in [-0.1, -0.05) is 36.4 Å². The lowest BCUT2D eigenvalue weighted by Crippen LogP contribution is -2.57. The topological polar surface area (TPSA) is 134 Å². The van der Waals surface area contributed by atoms with Gasteiger partial charge >= 0.3 is 12.1 Å². The van der Waals surface area contributed by atoms with Gasteiger partial charge in [-0.05, 0) is 98.1 Å². The van der Waals surface area contributed by atoms with Crippen molar-refractivity contribution in [2.75, 3.05) is 6.54 Å². The number of phenolic OH excluding ortho intramolecular Hbond substituents is 1. The van der Waals surface area contributed by atoms with E-state index in [2.05, 4.69) is 10.6 Å². The second-order valence-corrected chi connectivity index (χ2v) is 13.5. The van der Waals surface area contributed by atoms with E-state index in [0.717, 1.165) is 5.56 Å². The summed E-state index contributed by atoms with van der Waals surface area (Å²) < 4.78 is 10.9. The van der Waals surface area contributed by atoms with Gasteiger partial charge in [0.25, 0.3) is 0 Å². The minimum atomic E-state index is -1.23. The van der Waals surface area contributed by atoms with E-state index in [9.17, 15) is 24.3 Å². The first kappa shape index (κ1) is 35.1. The lowest BCUT2D eigenvalue weighted by Gasteiger charge is -2.41. The summed E-state index contributed by atoms with van der Waals surface area (Å²) >= 11 is 0. The summed E-state index contributed by atoms with van der Waals surface area (Å²) in [5, 5.41) is 15.5. The minimum absolute atomic E-state index is 0.0267. The Kier molecular flexibility index (Phi) is 11.4. The van der Waals surface area contributed by atoms with Crippen molar-refractivity contribution in [1.82, 2.24) is 15.5 Å². The molecule has 236 valence electrons. The third kappa shape index (κ3) is 11.3. The first-order chi connectivity index (χ1) is 19.7. The van der Waals surface area contributed by atoms with Crippen LogP contribution in [-0.4, -0.2) is 63.2 Å². The molecular formula is C33H47N3O7. The maximum Gasteiger partial charge on any atom is 0.408 e. The Balaban J connectivity index is 2.54. The van der Waals surface area contributed by atoms with Crippen LogP contribution in [0.25, 0.3) is 0 Å². The van der Waals surface area contributed by atoms with E-state index in [4.69, 9.17) is 9.47 Å². The summed E-state index contributed by atoms with van der Waals surface area (Å²) in [5.41, 5.74) is -0.765. The zero-order valence-corrected chi connectivity index (χ0v) is 27.0. The average molecular weight is 598 g/mol. The van der Waals surface area contributed by atoms with Crippen LogP contribution in [0.4, 0.5) is 4.79 Å². The molecule has 0 aromatic heterocycles. The average Bonchev–Trinajstić information content (AvgIpc) is 2.85. The molecule has 0 saturated heterocycles. The highest BCUT2D eigenvalue weighted by Crippen LogP contribution is 2.32. The molecule has 3 amide bonds. The molecule has 0 aliphatic carbocycles. The molecule has 0 aliphatic heterocycles. The summed E-state index contributed by atoms with van der Waals surface area (Å²) in [6.07, 6.45) is -0.615. The highest BCUT2D eigenvalue weighted by molar-refractivity contribution is 5.93. The number of esters is 1. The predicted molar refractivity (Wildman–Crippen MR) is 164 cm³/mol. The molecular weight excluding hydrogens is 550 g/mol. The summed E-state index contributed by atoms with van der Waals surface area (Å²) in [4.78, 5) is 55.0. The van der Waals surface area contributed by atoms with Crippen molar-refractivity contribution in [3.8, 4) is 5.75 Å². The van der Waals surface area contributed by atoms with Gasteiger partial charge in [0.2, 0.25) is 11.8 Å². The molecule has 10 nitrogen and oxygen atoms in total. The molecule has 2 aromatic rings. The Hall–Kier alpha value is -4.08. The molecule has 0 bridgehead atoms. The Labute approximate surface area is 255 Å². The molecule has 2 aromatic carbocycles. The number of carbonyl (C=O) groups excluding carboxylic acids is 4. The molecule has 0 saturated carbocycles. The van der Waals surface area contributed by atoms with Crippen molar-refractivity contribution >= 4 is 23.9 Å². The van der Waals surface area contributed by atoms with Crippen LogP contribution in [0.1, 0.15) is 85.0 Å². The van der Waals surface area contributed by atoms with E-state index >= 15 is 0 Å². The van der Waals surface area contributed by atoms with Crippen LogP contribution >= 0.6 is 0 Å². The van der Waals surface area contributed by atoms with Crippen LogP contribution in [0.15, 0.2) is 48.5 Å². The number of alkyl carbamates (subject to hydrolysis) is 1. The Morgan fingerprint density at radius 2 is 1.44 bits per heavy atom. The smallest absolute Gasteiger partial charge is 0.408 e. The summed E-state index contributed by atoms with van der Waals surface area (Å²) in [5.74, 6) is -1.78. The van der Waals surface area contributed by atoms with E-state index in [1.807, 2.05) is 30.3 Å². The van der Waals surface area contributed by atoms with E-state index in [-0.39, 0.29) is 12.2 Å².